The monoisotopic (exact) mass is 238 g/mol. The van der Waals surface area contributed by atoms with Crippen LogP contribution >= 0.6 is 11.8 Å². The minimum atomic E-state index is -0.324. The summed E-state index contributed by atoms with van der Waals surface area (Å²) in [7, 11) is 0. The van der Waals surface area contributed by atoms with Gasteiger partial charge in [0.2, 0.25) is 0 Å². The van der Waals surface area contributed by atoms with Crippen molar-refractivity contribution in [3.8, 4) is 0 Å². The van der Waals surface area contributed by atoms with Gasteiger partial charge in [-0.25, -0.2) is 0 Å². The summed E-state index contributed by atoms with van der Waals surface area (Å²) >= 11 is 1.57. The van der Waals surface area contributed by atoms with E-state index in [4.69, 9.17) is 5.11 Å². The zero-order valence-corrected chi connectivity index (χ0v) is 12.1. The number of aliphatic hydroxyl groups excluding tert-OH is 1. The molecule has 2 aliphatic heterocycles. The minimum absolute atomic E-state index is 0. The van der Waals surface area contributed by atoms with Crippen LogP contribution in [0.2, 0.25) is 0 Å². The number of hydrogen-bond acceptors (Lipinski definition) is 4. The van der Waals surface area contributed by atoms with Crippen molar-refractivity contribution in [3.63, 3.8) is 0 Å². The van der Waals surface area contributed by atoms with Crippen molar-refractivity contribution in [2.45, 2.75) is 13.0 Å². The molecule has 0 aromatic carbocycles. The predicted molar refractivity (Wildman–Crippen MR) is 48.3 cm³/mol. The number of Topliss-reactive ketones (excluding diaryl/α,β-unsaturated/α-hetero) is 1. The van der Waals surface area contributed by atoms with Crippen LogP contribution in [-0.4, -0.2) is 39.4 Å². The predicted octanol–water partition coefficient (Wildman–Crippen LogP) is -2.69. The third-order valence-corrected chi connectivity index (χ3v) is 3.28. The van der Waals surface area contributed by atoms with Crippen molar-refractivity contribution in [1.82, 2.24) is 4.90 Å². The Balaban J connectivity index is 0.000000980. The minimum Gasteiger partial charge on any atom is -0.512 e. The van der Waals surface area contributed by atoms with Gasteiger partial charge in [-0.05, 0) is 6.92 Å². The number of amides is 1. The van der Waals surface area contributed by atoms with Crippen molar-refractivity contribution in [2.24, 2.45) is 0 Å². The molecule has 0 bridgehead atoms. The SMILES string of the molecule is C/C(O)=C1/C(=O)[C@H]2CSCN2C1=O.[K+]. The van der Waals surface area contributed by atoms with Gasteiger partial charge in [-0.2, -0.15) is 0 Å². The van der Waals surface area contributed by atoms with E-state index in [-0.39, 0.29) is 80.4 Å². The van der Waals surface area contributed by atoms with Gasteiger partial charge in [0.15, 0.2) is 5.78 Å². The van der Waals surface area contributed by atoms with Gasteiger partial charge >= 0.3 is 51.4 Å². The Kier molecular flexibility index (Phi) is 4.25. The molecule has 1 atom stereocenters. The molecule has 2 saturated heterocycles. The fourth-order valence-electron chi connectivity index (χ4n) is 1.61. The van der Waals surface area contributed by atoms with Crippen LogP contribution in [0.15, 0.2) is 11.3 Å². The third kappa shape index (κ3) is 1.83. The summed E-state index contributed by atoms with van der Waals surface area (Å²) < 4.78 is 0. The Labute approximate surface area is 129 Å². The molecule has 0 aromatic heterocycles. The van der Waals surface area contributed by atoms with Crippen LogP contribution in [0.1, 0.15) is 6.92 Å². The molecule has 2 fully saturated rings. The molecular weight excluding hydrogens is 229 g/mol. The zero-order valence-electron chi connectivity index (χ0n) is 8.11. The van der Waals surface area contributed by atoms with Gasteiger partial charge in [-0.1, -0.05) is 0 Å². The number of allylic oxidation sites excluding steroid dienone is 1. The maximum Gasteiger partial charge on any atom is 1.00 e. The van der Waals surface area contributed by atoms with E-state index in [1.54, 1.807) is 11.8 Å². The fourth-order valence-corrected chi connectivity index (χ4v) is 2.76. The van der Waals surface area contributed by atoms with Crippen molar-refractivity contribution in [1.29, 1.82) is 0 Å². The summed E-state index contributed by atoms with van der Waals surface area (Å²) in [5.41, 5.74) is -0.0229. The third-order valence-electron chi connectivity index (χ3n) is 2.27. The molecule has 4 nitrogen and oxygen atoms in total. The summed E-state index contributed by atoms with van der Waals surface area (Å²) in [6.07, 6.45) is 0. The molecule has 1 N–H and O–H groups in total. The first-order valence-electron chi connectivity index (χ1n) is 3.95. The Bertz CT molecular complexity index is 301. The molecular formula is C8H9KNO3S+. The number of thioether (sulfide) groups is 1. The molecule has 0 aliphatic carbocycles. The first-order chi connectivity index (χ1) is 6.13. The first kappa shape index (κ1) is 12.7. The van der Waals surface area contributed by atoms with E-state index in [1.165, 1.54) is 11.8 Å². The van der Waals surface area contributed by atoms with Gasteiger partial charge in [0.25, 0.3) is 5.91 Å². The molecule has 2 aliphatic rings. The summed E-state index contributed by atoms with van der Waals surface area (Å²) in [4.78, 5) is 24.6. The number of hydrogen-bond donors (Lipinski definition) is 1. The Morgan fingerprint density at radius 3 is 2.71 bits per heavy atom. The molecule has 0 radical (unpaired) electrons. The Morgan fingerprint density at radius 2 is 2.21 bits per heavy atom. The standard InChI is InChI=1S/C8H9NO3S.K/c1-4(10)6-7(11)5-2-13-3-9(5)8(6)12;/h5,10H,2-3H2,1H3;/q;+1/b6-4+;/t5-;/m1./s1. The van der Waals surface area contributed by atoms with Crippen LogP contribution in [0, 0.1) is 0 Å². The van der Waals surface area contributed by atoms with Gasteiger partial charge in [0, 0.05) is 5.75 Å². The summed E-state index contributed by atoms with van der Waals surface area (Å²) in [5.74, 6) is 0.511. The van der Waals surface area contributed by atoms with E-state index in [0.717, 1.165) is 0 Å². The smallest absolute Gasteiger partial charge is 0.512 e. The van der Waals surface area contributed by atoms with Gasteiger partial charge in [-0.3, -0.25) is 9.59 Å². The molecule has 14 heavy (non-hydrogen) atoms. The average Bonchev–Trinajstić information content (AvgIpc) is 2.56. The van der Waals surface area contributed by atoms with Crippen LogP contribution in [0.25, 0.3) is 0 Å². The summed E-state index contributed by atoms with van der Waals surface area (Å²) in [6, 6.07) is -0.324. The molecule has 2 heterocycles. The second-order valence-electron chi connectivity index (χ2n) is 3.12. The van der Waals surface area contributed by atoms with Crippen molar-refractivity contribution in [2.75, 3.05) is 11.6 Å². The maximum atomic E-state index is 11.5. The second-order valence-corrected chi connectivity index (χ2v) is 4.12. The quantitative estimate of drug-likeness (QED) is 0.216. The number of aliphatic hydroxyl groups is 1. The molecule has 0 spiro atoms. The number of nitrogens with zero attached hydrogens (tertiary/aromatic N) is 1. The first-order valence-corrected chi connectivity index (χ1v) is 5.11. The number of ketones is 1. The molecule has 0 unspecified atom stereocenters. The van der Waals surface area contributed by atoms with Crippen LogP contribution in [-0.2, 0) is 9.59 Å². The van der Waals surface area contributed by atoms with Crippen molar-refractivity contribution in [3.05, 3.63) is 11.3 Å². The number of carbonyl (C=O) groups is 2. The van der Waals surface area contributed by atoms with Gasteiger partial charge in [0.1, 0.15) is 17.4 Å². The molecule has 70 valence electrons. The van der Waals surface area contributed by atoms with Gasteiger partial charge in [-0.15, -0.1) is 11.8 Å². The molecule has 0 aromatic rings. The van der Waals surface area contributed by atoms with Crippen LogP contribution < -0.4 is 51.4 Å². The topological polar surface area (TPSA) is 57.6 Å². The number of rotatable bonds is 0. The van der Waals surface area contributed by atoms with Crippen LogP contribution in [0.4, 0.5) is 0 Å². The van der Waals surface area contributed by atoms with E-state index in [9.17, 15) is 9.59 Å². The molecule has 2 rings (SSSR count). The van der Waals surface area contributed by atoms with Gasteiger partial charge < -0.3 is 10.0 Å². The van der Waals surface area contributed by atoms with E-state index < -0.39 is 0 Å². The Morgan fingerprint density at radius 1 is 1.57 bits per heavy atom. The second kappa shape index (κ2) is 4.67. The van der Waals surface area contributed by atoms with E-state index >= 15 is 0 Å². The molecule has 1 amide bonds. The van der Waals surface area contributed by atoms with E-state index in [2.05, 4.69) is 0 Å². The molecule has 0 saturated carbocycles. The molecule has 6 heteroatoms. The van der Waals surface area contributed by atoms with Crippen molar-refractivity contribution >= 4 is 23.5 Å². The van der Waals surface area contributed by atoms with Crippen LogP contribution in [0.3, 0.4) is 0 Å². The number of carbonyl (C=O) groups excluding carboxylic acids is 2. The average molecular weight is 238 g/mol. The largest absolute Gasteiger partial charge is 1.00 e. The van der Waals surface area contributed by atoms with E-state index in [0.29, 0.717) is 11.6 Å². The Hall–Kier alpha value is 0.666. The number of fused-ring (bicyclic) bond motifs is 1. The summed E-state index contributed by atoms with van der Waals surface area (Å²) in [5, 5.41) is 9.15. The maximum absolute atomic E-state index is 11.5. The summed E-state index contributed by atoms with van der Waals surface area (Å²) in [6.45, 7) is 1.38. The normalized spacial score (nSPS) is 28.9. The van der Waals surface area contributed by atoms with Crippen molar-refractivity contribution < 1.29 is 66.1 Å². The fraction of sp³-hybridized carbons (Fsp3) is 0.500. The van der Waals surface area contributed by atoms with Crippen LogP contribution in [0.5, 0.6) is 0 Å². The van der Waals surface area contributed by atoms with Gasteiger partial charge in [0.05, 0.1) is 5.88 Å². The zero-order chi connectivity index (χ0) is 9.59. The van der Waals surface area contributed by atoms with E-state index in [1.807, 2.05) is 0 Å².